The Bertz CT molecular complexity index is 961. The molecule has 4 rings (SSSR count). The molecule has 1 aliphatic carbocycles. The van der Waals surface area contributed by atoms with Crippen molar-refractivity contribution in [3.63, 3.8) is 0 Å². The van der Waals surface area contributed by atoms with Gasteiger partial charge in [0.25, 0.3) is 0 Å². The number of piperidine rings is 1. The highest BCUT2D eigenvalue weighted by molar-refractivity contribution is 6.30. The summed E-state index contributed by atoms with van der Waals surface area (Å²) < 4.78 is 4.97. The van der Waals surface area contributed by atoms with Crippen LogP contribution in [0, 0.1) is 0 Å². The fourth-order valence-corrected chi connectivity index (χ4v) is 4.39. The lowest BCUT2D eigenvalue weighted by Gasteiger charge is -2.37. The molecule has 2 unspecified atom stereocenters. The number of amides is 1. The molecule has 7 heteroatoms. The quantitative estimate of drug-likeness (QED) is 0.746. The zero-order chi connectivity index (χ0) is 20.5. The third kappa shape index (κ3) is 3.75. The molecule has 2 atom stereocenters. The van der Waals surface area contributed by atoms with Gasteiger partial charge in [0.2, 0.25) is 0 Å². The lowest BCUT2D eigenvalue weighted by Crippen LogP contribution is -2.51. The second-order valence-electron chi connectivity index (χ2n) is 7.27. The fourth-order valence-electron chi connectivity index (χ4n) is 4.20. The number of benzene rings is 1. The van der Waals surface area contributed by atoms with Gasteiger partial charge < -0.3 is 14.9 Å². The zero-order valence-electron chi connectivity index (χ0n) is 16.1. The van der Waals surface area contributed by atoms with E-state index < -0.39 is 18.5 Å². The number of nitrogens with zero attached hydrogens (tertiary/aromatic N) is 2. The normalized spacial score (nSPS) is 21.3. The van der Waals surface area contributed by atoms with Gasteiger partial charge in [-0.05, 0) is 54.7 Å². The smallest absolute Gasteiger partial charge is 0.413 e. The third-order valence-corrected chi connectivity index (χ3v) is 5.70. The predicted molar refractivity (Wildman–Crippen MR) is 109 cm³/mol. The van der Waals surface area contributed by atoms with Gasteiger partial charge in [-0.15, -0.1) is 0 Å². The maximum absolute atomic E-state index is 12.1. The molecular formula is C22H23ClN2O4. The molecule has 2 aliphatic rings. The average Bonchev–Trinajstić information content (AvgIpc) is 2.84. The molecule has 2 heterocycles. The van der Waals surface area contributed by atoms with E-state index in [-0.39, 0.29) is 19.4 Å². The molecule has 6 nitrogen and oxygen atoms in total. The molecule has 1 aliphatic heterocycles. The molecule has 1 fully saturated rings. The molecule has 29 heavy (non-hydrogen) atoms. The number of hydrogen-bond donors (Lipinski definition) is 2. The number of aliphatic hydroxyl groups is 2. The summed E-state index contributed by atoms with van der Waals surface area (Å²) in [7, 11) is 0. The number of carbonyl (C=O) groups is 1. The Labute approximate surface area is 174 Å². The highest BCUT2D eigenvalue weighted by Crippen LogP contribution is 2.40. The van der Waals surface area contributed by atoms with Crippen LogP contribution in [0.3, 0.4) is 0 Å². The van der Waals surface area contributed by atoms with Crippen LogP contribution in [0.4, 0.5) is 4.79 Å². The van der Waals surface area contributed by atoms with E-state index in [9.17, 15) is 15.0 Å². The van der Waals surface area contributed by atoms with Crippen molar-refractivity contribution in [2.24, 2.45) is 0 Å². The predicted octanol–water partition coefficient (Wildman–Crippen LogP) is 3.52. The van der Waals surface area contributed by atoms with Crippen molar-refractivity contribution in [2.45, 2.75) is 45.1 Å². The van der Waals surface area contributed by atoms with Gasteiger partial charge in [0.15, 0.2) is 0 Å². The van der Waals surface area contributed by atoms with Crippen LogP contribution >= 0.6 is 11.6 Å². The van der Waals surface area contributed by atoms with Crippen molar-refractivity contribution in [3.05, 3.63) is 69.5 Å². The Hall–Kier alpha value is -2.41. The Morgan fingerprint density at radius 3 is 2.66 bits per heavy atom. The minimum Gasteiger partial charge on any atom is -0.450 e. The number of likely N-dealkylation sites (tertiary alicyclic amines) is 1. The molecule has 2 aromatic rings. The maximum Gasteiger partial charge on any atom is 0.413 e. The number of aryl methyl sites for hydroxylation is 2. The number of carbonyl (C=O) groups excluding carboxylic acids is 1. The summed E-state index contributed by atoms with van der Waals surface area (Å²) in [5.74, 6) is 0. The minimum atomic E-state index is -1.17. The molecule has 1 aromatic carbocycles. The van der Waals surface area contributed by atoms with Gasteiger partial charge in [0.1, 0.15) is 12.5 Å². The molecule has 0 bridgehead atoms. The van der Waals surface area contributed by atoms with Gasteiger partial charge >= 0.3 is 6.09 Å². The first-order chi connectivity index (χ1) is 14.0. The molecule has 2 N–H and O–H groups in total. The lowest BCUT2D eigenvalue weighted by molar-refractivity contribution is -0.100. The first-order valence-electron chi connectivity index (χ1n) is 9.76. The van der Waals surface area contributed by atoms with E-state index in [0.29, 0.717) is 5.02 Å². The first-order valence-corrected chi connectivity index (χ1v) is 10.1. The Morgan fingerprint density at radius 2 is 1.93 bits per heavy atom. The van der Waals surface area contributed by atoms with Crippen LogP contribution in [0.15, 0.2) is 42.1 Å². The van der Waals surface area contributed by atoms with E-state index in [2.05, 4.69) is 11.1 Å². The summed E-state index contributed by atoms with van der Waals surface area (Å²) in [5.41, 5.74) is 5.84. The van der Waals surface area contributed by atoms with Crippen molar-refractivity contribution < 1.29 is 19.7 Å². The number of hydrogen-bond acceptors (Lipinski definition) is 5. The van der Waals surface area contributed by atoms with Crippen LogP contribution in [-0.4, -0.2) is 45.3 Å². The summed E-state index contributed by atoms with van der Waals surface area (Å²) >= 11 is 6.23. The number of fused-ring (bicyclic) bond motifs is 2. The van der Waals surface area contributed by atoms with Crippen LogP contribution in [0.1, 0.15) is 42.1 Å². The Morgan fingerprint density at radius 1 is 1.21 bits per heavy atom. The van der Waals surface area contributed by atoms with Crippen molar-refractivity contribution in [1.29, 1.82) is 0 Å². The van der Waals surface area contributed by atoms with Crippen LogP contribution in [0.2, 0.25) is 5.02 Å². The van der Waals surface area contributed by atoms with Gasteiger partial charge in [-0.2, -0.15) is 0 Å². The molecule has 152 valence electrons. The van der Waals surface area contributed by atoms with Crippen LogP contribution in [0.25, 0.3) is 5.57 Å². The molecule has 1 amide bonds. The van der Waals surface area contributed by atoms with Gasteiger partial charge in [0, 0.05) is 29.6 Å². The molecular weight excluding hydrogens is 392 g/mol. The highest BCUT2D eigenvalue weighted by atomic mass is 35.5. The minimum absolute atomic E-state index is 0.175. The highest BCUT2D eigenvalue weighted by Gasteiger charge is 2.37. The average molecular weight is 415 g/mol. The van der Waals surface area contributed by atoms with Crippen LogP contribution < -0.4 is 0 Å². The standard InChI is InChI=1S/C22H23ClN2O4/c1-2-29-22(28)25-18(26)11-15(12-19(25)27)20-17-8-7-16(23)10-14(17)6-5-13-4-3-9-24-21(13)20/h3-4,7-10,18-19,26-27H,2,5-6,11-12H2,1H3. The number of rotatable bonds is 1. The second kappa shape index (κ2) is 8.14. The van der Waals surface area contributed by atoms with Crippen molar-refractivity contribution in [1.82, 2.24) is 9.88 Å². The number of ether oxygens (including phenoxy) is 1. The Kier molecular flexibility index (Phi) is 5.58. The van der Waals surface area contributed by atoms with Gasteiger partial charge in [-0.1, -0.05) is 29.3 Å². The molecule has 1 saturated heterocycles. The van der Waals surface area contributed by atoms with E-state index >= 15 is 0 Å². The third-order valence-electron chi connectivity index (χ3n) is 5.46. The first kappa shape index (κ1) is 19.9. The van der Waals surface area contributed by atoms with E-state index in [4.69, 9.17) is 16.3 Å². The number of aromatic nitrogens is 1. The topological polar surface area (TPSA) is 82.9 Å². The molecule has 0 spiro atoms. The van der Waals surface area contributed by atoms with Crippen molar-refractivity contribution >= 4 is 23.3 Å². The van der Waals surface area contributed by atoms with Gasteiger partial charge in [-0.3, -0.25) is 9.88 Å². The van der Waals surface area contributed by atoms with Crippen molar-refractivity contribution in [2.75, 3.05) is 6.61 Å². The van der Waals surface area contributed by atoms with E-state index in [0.717, 1.165) is 51.3 Å². The second-order valence-corrected chi connectivity index (χ2v) is 7.70. The van der Waals surface area contributed by atoms with E-state index in [1.165, 1.54) is 0 Å². The zero-order valence-corrected chi connectivity index (χ0v) is 16.9. The number of aliphatic hydroxyl groups excluding tert-OH is 2. The molecule has 0 saturated carbocycles. The Balaban J connectivity index is 1.83. The van der Waals surface area contributed by atoms with E-state index in [1.807, 2.05) is 24.3 Å². The summed E-state index contributed by atoms with van der Waals surface area (Å²) in [6.45, 7) is 1.86. The van der Waals surface area contributed by atoms with Gasteiger partial charge in [0.05, 0.1) is 12.3 Å². The van der Waals surface area contributed by atoms with Crippen LogP contribution in [-0.2, 0) is 17.6 Å². The summed E-state index contributed by atoms with van der Waals surface area (Å²) in [5, 5.41) is 21.9. The molecule has 1 aromatic heterocycles. The van der Waals surface area contributed by atoms with E-state index in [1.54, 1.807) is 13.1 Å². The maximum atomic E-state index is 12.1. The number of pyridine rings is 1. The summed E-state index contributed by atoms with van der Waals surface area (Å²) in [6.07, 6.45) is 0.757. The SMILES string of the molecule is CCOC(=O)N1C(O)CC(=C2c3ccc(Cl)cc3CCc3cccnc32)CC1O. The molecule has 0 radical (unpaired) electrons. The summed E-state index contributed by atoms with van der Waals surface area (Å²) in [4.78, 5) is 17.8. The number of halogens is 1. The van der Waals surface area contributed by atoms with Crippen molar-refractivity contribution in [3.8, 4) is 0 Å². The fraction of sp³-hybridized carbons (Fsp3) is 0.364. The summed E-state index contributed by atoms with van der Waals surface area (Å²) in [6, 6.07) is 9.74. The largest absolute Gasteiger partial charge is 0.450 e. The van der Waals surface area contributed by atoms with Gasteiger partial charge in [-0.25, -0.2) is 4.79 Å². The monoisotopic (exact) mass is 414 g/mol. The van der Waals surface area contributed by atoms with Crippen LogP contribution in [0.5, 0.6) is 0 Å². The lowest BCUT2D eigenvalue weighted by atomic mass is 9.87.